The normalized spacial score (nSPS) is 11.0. The first-order chi connectivity index (χ1) is 11.2. The number of benzene rings is 1. The van der Waals surface area contributed by atoms with E-state index in [0.717, 1.165) is 12.4 Å². The average molecular weight is 342 g/mol. The fourth-order valence-electron chi connectivity index (χ4n) is 1.77. The largest absolute Gasteiger partial charge is 0.419 e. The Balaban J connectivity index is 2.17. The molecule has 0 aliphatic carbocycles. The third-order valence-corrected chi connectivity index (χ3v) is 2.90. The Morgan fingerprint density at radius 2 is 1.96 bits per heavy atom. The first-order valence-electron chi connectivity index (χ1n) is 6.28. The summed E-state index contributed by atoms with van der Waals surface area (Å²) in [5, 5.41) is 10.7. The molecule has 1 amide bonds. The quantitative estimate of drug-likeness (QED) is 0.870. The van der Waals surface area contributed by atoms with Gasteiger partial charge in [-0.25, -0.2) is 18.7 Å². The van der Waals surface area contributed by atoms with Crippen molar-refractivity contribution in [2.45, 2.75) is 12.7 Å². The van der Waals surface area contributed by atoms with E-state index >= 15 is 0 Å². The lowest BCUT2D eigenvalue weighted by Crippen LogP contribution is -2.26. The molecule has 0 saturated heterocycles. The van der Waals surface area contributed by atoms with Crippen molar-refractivity contribution in [1.29, 1.82) is 5.26 Å². The van der Waals surface area contributed by atoms with Crippen LogP contribution in [0.3, 0.4) is 0 Å². The van der Waals surface area contributed by atoms with Crippen LogP contribution in [0.1, 0.15) is 27.3 Å². The molecule has 1 aromatic carbocycles. The molecule has 10 heteroatoms. The summed E-state index contributed by atoms with van der Waals surface area (Å²) in [6.45, 7) is -0.423. The van der Waals surface area contributed by atoms with Gasteiger partial charge in [-0.15, -0.1) is 0 Å². The Morgan fingerprint density at radius 1 is 1.25 bits per heavy atom. The highest BCUT2D eigenvalue weighted by atomic mass is 19.4. The van der Waals surface area contributed by atoms with Gasteiger partial charge in [-0.3, -0.25) is 4.79 Å². The molecule has 124 valence electrons. The van der Waals surface area contributed by atoms with E-state index in [0.29, 0.717) is 12.1 Å². The molecule has 0 unspecified atom stereocenters. The molecular weight excluding hydrogens is 335 g/mol. The second-order valence-corrected chi connectivity index (χ2v) is 4.49. The predicted molar refractivity (Wildman–Crippen MR) is 69.3 cm³/mol. The fraction of sp³-hybridized carbons (Fsp3) is 0.143. The standard InChI is InChI=1S/C14H7F5N4O/c15-9-2-1-7(3-8(9)14(17,18)19)5-21-13(24)12-11(16)10(4-20)22-6-23-12/h1-3,6H,5H2,(H,21,24). The van der Waals surface area contributed by atoms with Gasteiger partial charge in [0.1, 0.15) is 18.2 Å². The minimum absolute atomic E-state index is 0.0490. The van der Waals surface area contributed by atoms with Crippen LogP contribution < -0.4 is 5.32 Å². The zero-order valence-electron chi connectivity index (χ0n) is 11.7. The molecule has 0 radical (unpaired) electrons. The van der Waals surface area contributed by atoms with Crippen molar-refractivity contribution in [3.63, 3.8) is 0 Å². The monoisotopic (exact) mass is 342 g/mol. The summed E-state index contributed by atoms with van der Waals surface area (Å²) in [5.74, 6) is -3.74. The number of alkyl halides is 3. The number of nitrogens with one attached hydrogen (secondary N) is 1. The third kappa shape index (κ3) is 3.62. The van der Waals surface area contributed by atoms with E-state index in [1.165, 1.54) is 6.07 Å². The van der Waals surface area contributed by atoms with Gasteiger partial charge in [0, 0.05) is 6.54 Å². The van der Waals surface area contributed by atoms with E-state index < -0.39 is 47.2 Å². The molecular formula is C14H7F5N4O. The number of aromatic nitrogens is 2. The van der Waals surface area contributed by atoms with E-state index in [9.17, 15) is 26.7 Å². The van der Waals surface area contributed by atoms with Crippen LogP contribution in [0.25, 0.3) is 0 Å². The molecule has 1 heterocycles. The van der Waals surface area contributed by atoms with Crippen LogP contribution in [0.4, 0.5) is 22.0 Å². The Bertz CT molecular complexity index is 829. The van der Waals surface area contributed by atoms with Gasteiger partial charge in [0.05, 0.1) is 5.56 Å². The molecule has 0 bridgehead atoms. The number of hydrogen-bond acceptors (Lipinski definition) is 4. The second kappa shape index (κ2) is 6.57. The number of hydrogen-bond donors (Lipinski definition) is 1. The summed E-state index contributed by atoms with van der Waals surface area (Å²) in [7, 11) is 0. The highest BCUT2D eigenvalue weighted by molar-refractivity contribution is 5.92. The van der Waals surface area contributed by atoms with Crippen molar-refractivity contribution in [1.82, 2.24) is 15.3 Å². The van der Waals surface area contributed by atoms with Crippen molar-refractivity contribution >= 4 is 5.91 Å². The van der Waals surface area contributed by atoms with E-state index in [2.05, 4.69) is 15.3 Å². The van der Waals surface area contributed by atoms with Crippen LogP contribution in [0.5, 0.6) is 0 Å². The molecule has 0 aliphatic heterocycles. The minimum Gasteiger partial charge on any atom is -0.347 e. The average Bonchev–Trinajstić information content (AvgIpc) is 2.53. The van der Waals surface area contributed by atoms with Gasteiger partial charge in [-0.1, -0.05) is 6.07 Å². The first-order valence-corrected chi connectivity index (χ1v) is 6.28. The predicted octanol–water partition coefficient (Wildman–Crippen LogP) is 2.58. The van der Waals surface area contributed by atoms with Crippen LogP contribution in [0, 0.1) is 23.0 Å². The minimum atomic E-state index is -4.88. The fourth-order valence-corrected chi connectivity index (χ4v) is 1.77. The van der Waals surface area contributed by atoms with Crippen LogP contribution in [0.15, 0.2) is 24.5 Å². The van der Waals surface area contributed by atoms with Crippen LogP contribution in [-0.2, 0) is 12.7 Å². The topological polar surface area (TPSA) is 78.7 Å². The summed E-state index contributed by atoms with van der Waals surface area (Å²) in [6.07, 6.45) is -4.08. The molecule has 2 rings (SSSR count). The highest BCUT2D eigenvalue weighted by Crippen LogP contribution is 2.31. The van der Waals surface area contributed by atoms with Crippen LogP contribution in [0.2, 0.25) is 0 Å². The molecule has 1 aromatic heterocycles. The van der Waals surface area contributed by atoms with Gasteiger partial charge in [0.15, 0.2) is 17.2 Å². The number of halogens is 5. The van der Waals surface area contributed by atoms with E-state index in [4.69, 9.17) is 5.26 Å². The van der Waals surface area contributed by atoms with Crippen molar-refractivity contribution in [2.75, 3.05) is 0 Å². The zero-order chi connectivity index (χ0) is 17.9. The zero-order valence-corrected chi connectivity index (χ0v) is 11.7. The van der Waals surface area contributed by atoms with Gasteiger partial charge in [0.25, 0.3) is 5.91 Å². The summed E-state index contributed by atoms with van der Waals surface area (Å²) in [4.78, 5) is 18.5. The molecule has 0 atom stereocenters. The number of amides is 1. The molecule has 2 aromatic rings. The maximum Gasteiger partial charge on any atom is 0.419 e. The summed E-state index contributed by atoms with van der Waals surface area (Å²) in [5.41, 5.74) is -2.89. The SMILES string of the molecule is N#Cc1ncnc(C(=O)NCc2ccc(F)c(C(F)(F)F)c2)c1F. The first kappa shape index (κ1) is 17.3. The lowest BCUT2D eigenvalue weighted by atomic mass is 10.1. The second-order valence-electron chi connectivity index (χ2n) is 4.49. The lowest BCUT2D eigenvalue weighted by Gasteiger charge is -2.11. The van der Waals surface area contributed by atoms with Crippen LogP contribution in [-0.4, -0.2) is 15.9 Å². The number of carbonyl (C=O) groups is 1. The summed E-state index contributed by atoms with van der Waals surface area (Å²) in [6, 6.07) is 3.61. The summed E-state index contributed by atoms with van der Waals surface area (Å²) >= 11 is 0. The Kier molecular flexibility index (Phi) is 4.73. The number of nitriles is 1. The maximum absolute atomic E-state index is 13.7. The van der Waals surface area contributed by atoms with Gasteiger partial charge in [-0.05, 0) is 17.7 Å². The van der Waals surface area contributed by atoms with E-state index in [-0.39, 0.29) is 5.56 Å². The third-order valence-electron chi connectivity index (χ3n) is 2.90. The number of nitrogens with zero attached hydrogens (tertiary/aromatic N) is 3. The molecule has 5 nitrogen and oxygen atoms in total. The lowest BCUT2D eigenvalue weighted by molar-refractivity contribution is -0.140. The van der Waals surface area contributed by atoms with Crippen molar-refractivity contribution in [2.24, 2.45) is 0 Å². The highest BCUT2D eigenvalue weighted by Gasteiger charge is 2.34. The van der Waals surface area contributed by atoms with E-state index in [1.54, 1.807) is 0 Å². The van der Waals surface area contributed by atoms with Crippen LogP contribution >= 0.6 is 0 Å². The van der Waals surface area contributed by atoms with Gasteiger partial charge >= 0.3 is 6.18 Å². The molecule has 1 N–H and O–H groups in total. The number of carbonyl (C=O) groups excluding carboxylic acids is 1. The van der Waals surface area contributed by atoms with Crippen molar-refractivity contribution in [3.8, 4) is 6.07 Å². The molecule has 0 saturated carbocycles. The van der Waals surface area contributed by atoms with Gasteiger partial charge in [-0.2, -0.15) is 18.4 Å². The van der Waals surface area contributed by atoms with E-state index in [1.807, 2.05) is 0 Å². The van der Waals surface area contributed by atoms with Gasteiger partial charge < -0.3 is 5.32 Å². The van der Waals surface area contributed by atoms with Crippen molar-refractivity contribution in [3.05, 3.63) is 58.7 Å². The van der Waals surface area contributed by atoms with Gasteiger partial charge in [0.2, 0.25) is 0 Å². The van der Waals surface area contributed by atoms with Crippen molar-refractivity contribution < 1.29 is 26.7 Å². The molecule has 0 fully saturated rings. The number of rotatable bonds is 3. The molecule has 0 spiro atoms. The Hall–Kier alpha value is -3.09. The Labute approximate surface area is 131 Å². The Morgan fingerprint density at radius 3 is 2.58 bits per heavy atom. The molecule has 24 heavy (non-hydrogen) atoms. The molecule has 0 aliphatic rings. The smallest absolute Gasteiger partial charge is 0.347 e. The maximum atomic E-state index is 13.7. The summed E-state index contributed by atoms with van der Waals surface area (Å²) < 4.78 is 64.7.